The van der Waals surface area contributed by atoms with Crippen molar-refractivity contribution in [3.05, 3.63) is 45.4 Å². The van der Waals surface area contributed by atoms with Crippen molar-refractivity contribution in [3.8, 4) is 0 Å². The van der Waals surface area contributed by atoms with Crippen LogP contribution in [0.25, 0.3) is 0 Å². The molecule has 1 atom stereocenters. The number of esters is 1. The fourth-order valence-corrected chi connectivity index (χ4v) is 2.86. The van der Waals surface area contributed by atoms with Crippen molar-refractivity contribution in [1.29, 1.82) is 0 Å². The van der Waals surface area contributed by atoms with E-state index in [1.807, 2.05) is 31.2 Å². The highest BCUT2D eigenvalue weighted by Gasteiger charge is 2.16. The van der Waals surface area contributed by atoms with E-state index in [9.17, 15) is 4.79 Å². The van der Waals surface area contributed by atoms with Crippen LogP contribution in [0, 0.1) is 6.92 Å². The lowest BCUT2D eigenvalue weighted by atomic mass is 10.1. The van der Waals surface area contributed by atoms with Gasteiger partial charge in [0.05, 0.1) is 18.8 Å². The number of benzene rings is 1. The largest absolute Gasteiger partial charge is 0.465 e. The smallest absolute Gasteiger partial charge is 0.350 e. The van der Waals surface area contributed by atoms with Gasteiger partial charge in [-0.05, 0) is 31.5 Å². The number of thiazole rings is 1. The average molecular weight is 311 g/mol. The van der Waals surface area contributed by atoms with Crippen LogP contribution in [0.15, 0.2) is 24.3 Å². The van der Waals surface area contributed by atoms with Crippen LogP contribution < -0.4 is 5.32 Å². The molecule has 0 aliphatic carbocycles. The molecule has 2 aromatic rings. The third kappa shape index (κ3) is 3.29. The number of methoxy groups -OCH3 is 1. The molecular weight excluding hydrogens is 296 g/mol. The van der Waals surface area contributed by atoms with Crippen molar-refractivity contribution >= 4 is 34.0 Å². The van der Waals surface area contributed by atoms with Crippen LogP contribution in [0.3, 0.4) is 0 Å². The second kappa shape index (κ2) is 6.24. The Kier molecular flexibility index (Phi) is 4.62. The molecular formula is C14H15ClN2O2S. The van der Waals surface area contributed by atoms with E-state index >= 15 is 0 Å². The third-order valence-electron chi connectivity index (χ3n) is 2.88. The van der Waals surface area contributed by atoms with E-state index in [0.29, 0.717) is 20.7 Å². The number of aryl methyl sites for hydroxylation is 1. The summed E-state index contributed by atoms with van der Waals surface area (Å²) >= 11 is 7.16. The summed E-state index contributed by atoms with van der Waals surface area (Å²) in [7, 11) is 1.37. The Hall–Kier alpha value is -1.59. The number of nitrogens with zero attached hydrogens (tertiary/aromatic N) is 1. The number of rotatable bonds is 4. The summed E-state index contributed by atoms with van der Waals surface area (Å²) in [5.74, 6) is -0.354. The van der Waals surface area contributed by atoms with Gasteiger partial charge in [-0.2, -0.15) is 0 Å². The minimum Gasteiger partial charge on any atom is -0.465 e. The summed E-state index contributed by atoms with van der Waals surface area (Å²) < 4.78 is 4.72. The molecule has 1 N–H and O–H groups in total. The molecule has 106 valence electrons. The van der Waals surface area contributed by atoms with Gasteiger partial charge in [-0.15, -0.1) is 0 Å². The van der Waals surface area contributed by atoms with Gasteiger partial charge in [0.1, 0.15) is 4.88 Å². The monoisotopic (exact) mass is 310 g/mol. The predicted octanol–water partition coefficient (Wildman–Crippen LogP) is 4.06. The lowest BCUT2D eigenvalue weighted by molar-refractivity contribution is 0.0605. The van der Waals surface area contributed by atoms with Gasteiger partial charge in [0.2, 0.25) is 0 Å². The second-order valence-electron chi connectivity index (χ2n) is 4.34. The second-order valence-corrected chi connectivity index (χ2v) is 5.78. The fraction of sp³-hybridized carbons (Fsp3) is 0.286. The van der Waals surface area contributed by atoms with Gasteiger partial charge in [0.25, 0.3) is 0 Å². The molecule has 1 aromatic heterocycles. The number of hydrogen-bond donors (Lipinski definition) is 1. The van der Waals surface area contributed by atoms with Crippen molar-refractivity contribution in [2.24, 2.45) is 0 Å². The molecule has 0 bridgehead atoms. The molecule has 1 heterocycles. The minimum absolute atomic E-state index is 0.0725. The van der Waals surface area contributed by atoms with E-state index in [4.69, 9.17) is 16.3 Å². The Balaban J connectivity index is 2.13. The molecule has 0 aliphatic heterocycles. The first kappa shape index (κ1) is 14.8. The number of ether oxygens (including phenoxy) is 1. The first-order valence-corrected chi connectivity index (χ1v) is 7.28. The maximum absolute atomic E-state index is 11.5. The van der Waals surface area contributed by atoms with Gasteiger partial charge in [-0.1, -0.05) is 35.1 Å². The number of carbonyl (C=O) groups excluding carboxylic acids is 1. The molecule has 0 radical (unpaired) electrons. The standard InChI is InChI=1S/C14H15ClN2O2S/c1-8(10-4-6-11(15)7-5-10)16-14-17-9(2)12(20-14)13(18)19-3/h4-8H,1-3H3,(H,16,17). The fourth-order valence-electron chi connectivity index (χ4n) is 1.76. The molecule has 0 saturated heterocycles. The van der Waals surface area contributed by atoms with Gasteiger partial charge >= 0.3 is 5.97 Å². The van der Waals surface area contributed by atoms with Crippen LogP contribution in [0.2, 0.25) is 5.02 Å². The van der Waals surface area contributed by atoms with Crippen molar-refractivity contribution in [1.82, 2.24) is 4.98 Å². The van der Waals surface area contributed by atoms with E-state index in [1.54, 1.807) is 6.92 Å². The normalized spacial score (nSPS) is 12.0. The van der Waals surface area contributed by atoms with E-state index in [2.05, 4.69) is 10.3 Å². The van der Waals surface area contributed by atoms with Crippen LogP contribution in [0.5, 0.6) is 0 Å². The molecule has 0 amide bonds. The summed E-state index contributed by atoms with van der Waals surface area (Å²) in [5, 5.41) is 4.68. The van der Waals surface area contributed by atoms with Gasteiger partial charge in [-0.25, -0.2) is 9.78 Å². The number of hydrogen-bond acceptors (Lipinski definition) is 5. The lowest BCUT2D eigenvalue weighted by Gasteiger charge is -2.13. The highest BCUT2D eigenvalue weighted by atomic mass is 35.5. The van der Waals surface area contributed by atoms with E-state index in [1.165, 1.54) is 18.4 Å². The number of aromatic nitrogens is 1. The first-order chi connectivity index (χ1) is 9.51. The minimum atomic E-state index is -0.354. The van der Waals surface area contributed by atoms with Gasteiger partial charge in [-0.3, -0.25) is 0 Å². The van der Waals surface area contributed by atoms with E-state index < -0.39 is 0 Å². The Morgan fingerprint density at radius 2 is 2.05 bits per heavy atom. The summed E-state index contributed by atoms with van der Waals surface area (Å²) in [6.07, 6.45) is 0. The number of carbonyl (C=O) groups is 1. The van der Waals surface area contributed by atoms with Crippen LogP contribution in [-0.4, -0.2) is 18.1 Å². The molecule has 0 saturated carbocycles. The molecule has 1 aromatic carbocycles. The van der Waals surface area contributed by atoms with Crippen LogP contribution >= 0.6 is 22.9 Å². The molecule has 20 heavy (non-hydrogen) atoms. The summed E-state index contributed by atoms with van der Waals surface area (Å²) in [5.41, 5.74) is 1.77. The molecule has 0 aliphatic rings. The predicted molar refractivity (Wildman–Crippen MR) is 81.7 cm³/mol. The van der Waals surface area contributed by atoms with Crippen LogP contribution in [-0.2, 0) is 4.74 Å². The molecule has 4 nitrogen and oxygen atoms in total. The van der Waals surface area contributed by atoms with Crippen molar-refractivity contribution < 1.29 is 9.53 Å². The molecule has 2 rings (SSSR count). The average Bonchev–Trinajstić information content (AvgIpc) is 2.79. The maximum Gasteiger partial charge on any atom is 0.350 e. The lowest BCUT2D eigenvalue weighted by Crippen LogP contribution is -2.05. The summed E-state index contributed by atoms with van der Waals surface area (Å²) in [6.45, 7) is 3.82. The summed E-state index contributed by atoms with van der Waals surface area (Å²) in [4.78, 5) is 16.4. The Bertz CT molecular complexity index is 610. The highest BCUT2D eigenvalue weighted by molar-refractivity contribution is 7.17. The van der Waals surface area contributed by atoms with Gasteiger partial charge in [0.15, 0.2) is 5.13 Å². The third-order valence-corrected chi connectivity index (χ3v) is 4.20. The first-order valence-electron chi connectivity index (χ1n) is 6.09. The highest BCUT2D eigenvalue weighted by Crippen LogP contribution is 2.27. The van der Waals surface area contributed by atoms with Gasteiger partial charge < -0.3 is 10.1 Å². The van der Waals surface area contributed by atoms with E-state index in [0.717, 1.165) is 5.56 Å². The maximum atomic E-state index is 11.5. The van der Waals surface area contributed by atoms with Crippen molar-refractivity contribution in [2.45, 2.75) is 19.9 Å². The number of anilines is 1. The number of nitrogens with one attached hydrogen (secondary N) is 1. The zero-order valence-electron chi connectivity index (χ0n) is 11.4. The Morgan fingerprint density at radius 3 is 2.65 bits per heavy atom. The molecule has 0 fully saturated rings. The Morgan fingerprint density at radius 1 is 1.40 bits per heavy atom. The number of halogens is 1. The zero-order valence-corrected chi connectivity index (χ0v) is 13.0. The quantitative estimate of drug-likeness (QED) is 0.865. The molecule has 6 heteroatoms. The van der Waals surface area contributed by atoms with Crippen molar-refractivity contribution in [3.63, 3.8) is 0 Å². The molecule has 0 spiro atoms. The Labute approximate surface area is 126 Å². The summed E-state index contributed by atoms with van der Waals surface area (Å²) in [6, 6.07) is 7.69. The zero-order chi connectivity index (χ0) is 14.7. The van der Waals surface area contributed by atoms with E-state index in [-0.39, 0.29) is 12.0 Å². The van der Waals surface area contributed by atoms with Crippen LogP contribution in [0.1, 0.15) is 33.9 Å². The van der Waals surface area contributed by atoms with Gasteiger partial charge in [0, 0.05) is 5.02 Å². The molecule has 1 unspecified atom stereocenters. The SMILES string of the molecule is COC(=O)c1sc(NC(C)c2ccc(Cl)cc2)nc1C. The topological polar surface area (TPSA) is 51.2 Å². The van der Waals surface area contributed by atoms with Crippen molar-refractivity contribution in [2.75, 3.05) is 12.4 Å². The van der Waals surface area contributed by atoms with Crippen LogP contribution in [0.4, 0.5) is 5.13 Å².